The number of hydrogen-bond acceptors (Lipinski definition) is 2. The van der Waals surface area contributed by atoms with E-state index in [0.29, 0.717) is 0 Å². The fraction of sp³-hybridized carbons (Fsp3) is 1.00. The van der Waals surface area contributed by atoms with Crippen LogP contribution in [0.5, 0.6) is 0 Å². The molecule has 2 nitrogen and oxygen atoms in total. The highest BCUT2D eigenvalue weighted by molar-refractivity contribution is 7.81. The molecule has 0 N–H and O–H groups in total. The first kappa shape index (κ1) is 7.27. The molecule has 0 aliphatic rings. The standard InChI is InChI=1S/C4H9O2S/c1-4(7,5-2)6-3/h1-3H3. The highest BCUT2D eigenvalue weighted by Gasteiger charge is 2.15. The highest BCUT2D eigenvalue weighted by atomic mass is 32.1. The molecule has 0 rings (SSSR count). The van der Waals surface area contributed by atoms with Gasteiger partial charge in [-0.2, -0.15) is 0 Å². The van der Waals surface area contributed by atoms with Crippen LogP contribution in [0.15, 0.2) is 0 Å². The Labute approximate surface area is 49.2 Å². The Morgan fingerprint density at radius 3 is 1.57 bits per heavy atom. The van der Waals surface area contributed by atoms with Gasteiger partial charge in [0.1, 0.15) is 0 Å². The Morgan fingerprint density at radius 2 is 1.57 bits per heavy atom. The van der Waals surface area contributed by atoms with Gasteiger partial charge in [-0.15, -0.1) is 0 Å². The Hall–Kier alpha value is 0.270. The zero-order chi connectivity index (χ0) is 5.91. The maximum atomic E-state index is 4.70. The minimum absolute atomic E-state index is 0.833. The summed E-state index contributed by atoms with van der Waals surface area (Å²) in [6.45, 7) is 1.67. The van der Waals surface area contributed by atoms with Crippen molar-refractivity contribution in [3.63, 3.8) is 0 Å². The van der Waals surface area contributed by atoms with Gasteiger partial charge in [-0.1, -0.05) is 0 Å². The molecule has 0 aromatic carbocycles. The first-order chi connectivity index (χ1) is 3.12. The molecular weight excluding hydrogens is 112 g/mol. The molecule has 0 amide bonds. The third-order valence-electron chi connectivity index (χ3n) is 0.742. The molecule has 3 heteroatoms. The largest absolute Gasteiger partial charge is 0.344 e. The highest BCUT2D eigenvalue weighted by Crippen LogP contribution is 2.12. The summed E-state index contributed by atoms with van der Waals surface area (Å²) in [6, 6.07) is 0. The Bertz CT molecular complexity index is 47.7. The lowest BCUT2D eigenvalue weighted by molar-refractivity contribution is -0.117. The maximum Gasteiger partial charge on any atom is 0.224 e. The molecule has 0 fully saturated rings. The summed E-state index contributed by atoms with van der Waals surface area (Å²) in [6.07, 6.45) is 0. The molecule has 0 aliphatic heterocycles. The normalized spacial score (nSPS) is 12.0. The second-order valence-electron chi connectivity index (χ2n) is 1.27. The minimum Gasteiger partial charge on any atom is -0.344 e. The summed E-state index contributed by atoms with van der Waals surface area (Å²) in [5.74, 6) is 0. The van der Waals surface area contributed by atoms with Gasteiger partial charge in [0.15, 0.2) is 0 Å². The quantitative estimate of drug-likeness (QED) is 0.510. The van der Waals surface area contributed by atoms with Crippen molar-refractivity contribution in [3.05, 3.63) is 0 Å². The second kappa shape index (κ2) is 2.55. The van der Waals surface area contributed by atoms with Crippen molar-refractivity contribution in [2.75, 3.05) is 14.2 Å². The predicted molar refractivity (Wildman–Crippen MR) is 30.0 cm³/mol. The smallest absolute Gasteiger partial charge is 0.224 e. The molecule has 7 heavy (non-hydrogen) atoms. The van der Waals surface area contributed by atoms with Crippen LogP contribution >= 0.6 is 12.6 Å². The first-order valence-electron chi connectivity index (χ1n) is 1.93. The number of ether oxygens (including phenoxy) is 2. The van der Waals surface area contributed by atoms with Crippen LogP contribution < -0.4 is 0 Å². The van der Waals surface area contributed by atoms with Crippen molar-refractivity contribution in [3.8, 4) is 0 Å². The summed E-state index contributed by atoms with van der Waals surface area (Å²) in [7, 11) is 3.02. The van der Waals surface area contributed by atoms with Gasteiger partial charge in [0, 0.05) is 21.1 Å². The monoisotopic (exact) mass is 121 g/mol. The van der Waals surface area contributed by atoms with E-state index < -0.39 is 5.12 Å². The summed E-state index contributed by atoms with van der Waals surface area (Å²) in [4.78, 5) is 0. The SMILES string of the molecule is COC(C)([S])OC. The third kappa shape index (κ3) is 2.91. The molecule has 0 saturated heterocycles. The molecule has 0 aromatic heterocycles. The molecule has 0 unspecified atom stereocenters. The van der Waals surface area contributed by atoms with Crippen molar-refractivity contribution in [1.82, 2.24) is 0 Å². The first-order valence-corrected chi connectivity index (χ1v) is 2.34. The van der Waals surface area contributed by atoms with Crippen LogP contribution in [-0.2, 0) is 9.47 Å². The van der Waals surface area contributed by atoms with E-state index in [4.69, 9.17) is 12.6 Å². The van der Waals surface area contributed by atoms with Crippen molar-refractivity contribution in [1.29, 1.82) is 0 Å². The van der Waals surface area contributed by atoms with Gasteiger partial charge in [-0.3, -0.25) is 0 Å². The van der Waals surface area contributed by atoms with Gasteiger partial charge in [-0.25, -0.2) is 0 Å². The van der Waals surface area contributed by atoms with Crippen molar-refractivity contribution in [2.45, 2.75) is 12.0 Å². The molecule has 0 aliphatic carbocycles. The van der Waals surface area contributed by atoms with Crippen LogP contribution in [0.2, 0.25) is 0 Å². The Morgan fingerprint density at radius 1 is 1.29 bits per heavy atom. The molecule has 0 spiro atoms. The van der Waals surface area contributed by atoms with Crippen molar-refractivity contribution >= 4 is 12.6 Å². The number of rotatable bonds is 2. The van der Waals surface area contributed by atoms with E-state index in [1.807, 2.05) is 0 Å². The van der Waals surface area contributed by atoms with Crippen LogP contribution in [-0.4, -0.2) is 19.3 Å². The van der Waals surface area contributed by atoms with E-state index in [1.165, 1.54) is 14.2 Å². The lowest BCUT2D eigenvalue weighted by Gasteiger charge is -2.16. The van der Waals surface area contributed by atoms with Gasteiger partial charge < -0.3 is 9.47 Å². The zero-order valence-corrected chi connectivity index (χ0v) is 5.54. The van der Waals surface area contributed by atoms with Crippen LogP contribution in [0.3, 0.4) is 0 Å². The van der Waals surface area contributed by atoms with Crippen LogP contribution in [0.25, 0.3) is 0 Å². The number of hydrogen-bond donors (Lipinski definition) is 0. The van der Waals surface area contributed by atoms with E-state index in [-0.39, 0.29) is 0 Å². The minimum atomic E-state index is -0.833. The Balaban J connectivity index is 3.36. The van der Waals surface area contributed by atoms with E-state index >= 15 is 0 Å². The summed E-state index contributed by atoms with van der Waals surface area (Å²) in [5.41, 5.74) is 0. The van der Waals surface area contributed by atoms with Gasteiger partial charge in [0.05, 0.1) is 0 Å². The van der Waals surface area contributed by atoms with Gasteiger partial charge in [0.25, 0.3) is 0 Å². The molecule has 0 bridgehead atoms. The summed E-state index contributed by atoms with van der Waals surface area (Å²) in [5, 5.41) is -0.833. The van der Waals surface area contributed by atoms with Crippen molar-refractivity contribution < 1.29 is 9.47 Å². The summed E-state index contributed by atoms with van der Waals surface area (Å²) >= 11 is 4.70. The van der Waals surface area contributed by atoms with Crippen LogP contribution in [0.1, 0.15) is 6.92 Å². The topological polar surface area (TPSA) is 18.5 Å². The average Bonchev–Trinajstić information content (AvgIpc) is 1.68. The molecule has 0 heterocycles. The van der Waals surface area contributed by atoms with Crippen molar-refractivity contribution in [2.24, 2.45) is 0 Å². The summed E-state index contributed by atoms with van der Waals surface area (Å²) < 4.78 is 9.36. The maximum absolute atomic E-state index is 4.70. The molecule has 0 atom stereocenters. The molecule has 43 valence electrons. The van der Waals surface area contributed by atoms with Crippen LogP contribution in [0.4, 0.5) is 0 Å². The number of methoxy groups -OCH3 is 2. The second-order valence-corrected chi connectivity index (χ2v) is 2.01. The van der Waals surface area contributed by atoms with Crippen LogP contribution in [0, 0.1) is 0 Å². The average molecular weight is 121 g/mol. The molecule has 0 saturated carbocycles. The predicted octanol–water partition coefficient (Wildman–Crippen LogP) is 1.15. The Kier molecular flexibility index (Phi) is 2.64. The van der Waals surface area contributed by atoms with E-state index in [2.05, 4.69) is 9.47 Å². The fourth-order valence-corrected chi connectivity index (χ4v) is 0.0833. The van der Waals surface area contributed by atoms with Gasteiger partial charge >= 0.3 is 0 Å². The lowest BCUT2D eigenvalue weighted by atomic mass is 10.7. The van der Waals surface area contributed by atoms with E-state index in [9.17, 15) is 0 Å². The third-order valence-corrected chi connectivity index (χ3v) is 1.07. The molecule has 0 aromatic rings. The lowest BCUT2D eigenvalue weighted by Crippen LogP contribution is -2.20. The van der Waals surface area contributed by atoms with E-state index in [0.717, 1.165) is 0 Å². The molecule has 1 radical (unpaired) electrons. The van der Waals surface area contributed by atoms with Gasteiger partial charge in [-0.05, 0) is 12.6 Å². The van der Waals surface area contributed by atoms with E-state index in [1.54, 1.807) is 6.92 Å². The zero-order valence-electron chi connectivity index (χ0n) is 4.72. The fourth-order valence-electron chi connectivity index (χ4n) is 0.0833. The van der Waals surface area contributed by atoms with Gasteiger partial charge in [0.2, 0.25) is 5.12 Å². The molecular formula is C4H9O2S.